The Labute approximate surface area is 144 Å². The lowest BCUT2D eigenvalue weighted by molar-refractivity contribution is 0.0600. The fourth-order valence-corrected chi connectivity index (χ4v) is 2.65. The first-order chi connectivity index (χ1) is 11.5. The number of hydrogen-bond acceptors (Lipinski definition) is 4. The molecular weight excluding hydrogens is 381 g/mol. The van der Waals surface area contributed by atoms with E-state index < -0.39 is 17.7 Å². The van der Waals surface area contributed by atoms with Crippen molar-refractivity contribution in [1.82, 2.24) is 0 Å². The molecule has 1 aromatic heterocycles. The Kier molecular flexibility index (Phi) is 4.35. The van der Waals surface area contributed by atoms with E-state index in [0.29, 0.717) is 10.1 Å². The highest BCUT2D eigenvalue weighted by molar-refractivity contribution is 9.10. The summed E-state index contributed by atoms with van der Waals surface area (Å²) in [6, 6.07) is 10.5. The first-order valence-electron chi connectivity index (χ1n) is 6.87. The molecule has 0 bridgehead atoms. The number of para-hydroxylation sites is 1. The third-order valence-electron chi connectivity index (χ3n) is 3.36. The normalized spacial score (nSPS) is 10.6. The number of ether oxygens (including phenoxy) is 1. The van der Waals surface area contributed by atoms with Gasteiger partial charge in [-0.15, -0.1) is 0 Å². The Bertz CT molecular complexity index is 951. The number of methoxy groups -OCH3 is 1. The van der Waals surface area contributed by atoms with Crippen molar-refractivity contribution in [2.45, 2.75) is 0 Å². The number of halogens is 2. The Hall–Kier alpha value is -2.67. The van der Waals surface area contributed by atoms with Gasteiger partial charge >= 0.3 is 5.97 Å². The number of esters is 1. The molecule has 0 saturated carbocycles. The minimum Gasteiger partial charge on any atom is -0.465 e. The lowest BCUT2D eigenvalue weighted by atomic mass is 10.2. The van der Waals surface area contributed by atoms with Crippen molar-refractivity contribution in [3.8, 4) is 0 Å². The monoisotopic (exact) mass is 391 g/mol. The number of carbonyl (C=O) groups excluding carboxylic acids is 2. The molecule has 1 N–H and O–H groups in total. The van der Waals surface area contributed by atoms with E-state index in [1.165, 1.54) is 19.2 Å². The summed E-state index contributed by atoms with van der Waals surface area (Å²) in [6.07, 6.45) is 0. The molecule has 2 aromatic carbocycles. The molecule has 3 aromatic rings. The van der Waals surface area contributed by atoms with Gasteiger partial charge in [0.25, 0.3) is 5.91 Å². The number of carbonyl (C=O) groups is 2. The fourth-order valence-electron chi connectivity index (χ4n) is 2.19. The predicted octanol–water partition coefficient (Wildman–Crippen LogP) is 4.37. The summed E-state index contributed by atoms with van der Waals surface area (Å²) < 4.78 is 24.7. The van der Waals surface area contributed by atoms with Crippen LogP contribution in [0.2, 0.25) is 0 Å². The van der Waals surface area contributed by atoms with Crippen molar-refractivity contribution in [3.63, 3.8) is 0 Å². The second-order valence-corrected chi connectivity index (χ2v) is 5.76. The maximum absolute atomic E-state index is 13.9. The van der Waals surface area contributed by atoms with Gasteiger partial charge in [0.2, 0.25) is 0 Å². The van der Waals surface area contributed by atoms with Crippen LogP contribution in [0.3, 0.4) is 0 Å². The predicted molar refractivity (Wildman–Crippen MR) is 89.6 cm³/mol. The van der Waals surface area contributed by atoms with Crippen LogP contribution in [0.15, 0.2) is 51.4 Å². The van der Waals surface area contributed by atoms with Gasteiger partial charge in [-0.25, -0.2) is 9.18 Å². The minimum atomic E-state index is -0.673. The summed E-state index contributed by atoms with van der Waals surface area (Å²) in [4.78, 5) is 23.8. The molecule has 0 radical (unpaired) electrons. The van der Waals surface area contributed by atoms with Crippen LogP contribution in [0.5, 0.6) is 0 Å². The molecule has 0 saturated heterocycles. The van der Waals surface area contributed by atoms with E-state index in [1.807, 2.05) is 6.07 Å². The van der Waals surface area contributed by atoms with Crippen LogP contribution < -0.4 is 5.32 Å². The number of rotatable bonds is 3. The van der Waals surface area contributed by atoms with Crippen molar-refractivity contribution >= 4 is 44.5 Å². The Morgan fingerprint density at radius 3 is 2.71 bits per heavy atom. The molecule has 5 nitrogen and oxygen atoms in total. The number of anilines is 1. The smallest absolute Gasteiger partial charge is 0.337 e. The highest BCUT2D eigenvalue weighted by atomic mass is 79.9. The van der Waals surface area contributed by atoms with Crippen molar-refractivity contribution in [2.75, 3.05) is 12.4 Å². The molecule has 3 rings (SSSR count). The number of hydrogen-bond donors (Lipinski definition) is 1. The molecule has 0 spiro atoms. The van der Waals surface area contributed by atoms with Crippen LogP contribution in [0.25, 0.3) is 11.0 Å². The first-order valence-corrected chi connectivity index (χ1v) is 7.66. The van der Waals surface area contributed by atoms with Gasteiger partial charge < -0.3 is 14.5 Å². The van der Waals surface area contributed by atoms with Crippen LogP contribution in [0, 0.1) is 5.82 Å². The zero-order valence-electron chi connectivity index (χ0n) is 12.4. The molecule has 0 fully saturated rings. The van der Waals surface area contributed by atoms with Crippen molar-refractivity contribution < 1.29 is 23.1 Å². The fraction of sp³-hybridized carbons (Fsp3) is 0.0588. The van der Waals surface area contributed by atoms with E-state index in [-0.39, 0.29) is 17.0 Å². The second kappa shape index (κ2) is 6.45. The number of fused-ring (bicyclic) bond motifs is 1. The summed E-state index contributed by atoms with van der Waals surface area (Å²) in [5.74, 6) is -1.90. The van der Waals surface area contributed by atoms with Crippen molar-refractivity contribution in [1.29, 1.82) is 0 Å². The maximum atomic E-state index is 13.9. The number of nitrogens with one attached hydrogen (secondary N) is 1. The van der Waals surface area contributed by atoms with Gasteiger partial charge in [0.15, 0.2) is 5.76 Å². The molecule has 1 heterocycles. The van der Waals surface area contributed by atoms with Gasteiger partial charge in [0, 0.05) is 5.39 Å². The van der Waals surface area contributed by atoms with Gasteiger partial charge in [-0.2, -0.15) is 0 Å². The third-order valence-corrected chi connectivity index (χ3v) is 3.98. The molecule has 0 atom stereocenters. The molecule has 0 aliphatic heterocycles. The van der Waals surface area contributed by atoms with Gasteiger partial charge in [0.1, 0.15) is 11.4 Å². The quantitative estimate of drug-likeness (QED) is 0.672. The zero-order chi connectivity index (χ0) is 17.3. The Balaban J connectivity index is 1.91. The SMILES string of the molecule is COC(=O)c1ccc(F)c(NC(=O)c2cc3cccc(Br)c3o2)c1. The van der Waals surface area contributed by atoms with Gasteiger partial charge in [-0.1, -0.05) is 12.1 Å². The summed E-state index contributed by atoms with van der Waals surface area (Å²) >= 11 is 3.33. The minimum absolute atomic E-state index is 0.0276. The summed E-state index contributed by atoms with van der Waals surface area (Å²) in [6.45, 7) is 0. The maximum Gasteiger partial charge on any atom is 0.337 e. The molecule has 24 heavy (non-hydrogen) atoms. The summed E-state index contributed by atoms with van der Waals surface area (Å²) in [7, 11) is 1.22. The Morgan fingerprint density at radius 1 is 1.21 bits per heavy atom. The van der Waals surface area contributed by atoms with E-state index in [2.05, 4.69) is 26.0 Å². The van der Waals surface area contributed by atoms with E-state index >= 15 is 0 Å². The van der Waals surface area contributed by atoms with Crippen LogP contribution in [0.1, 0.15) is 20.9 Å². The van der Waals surface area contributed by atoms with E-state index in [1.54, 1.807) is 18.2 Å². The average Bonchev–Trinajstić information content (AvgIpc) is 3.02. The van der Waals surface area contributed by atoms with Crippen LogP contribution in [0.4, 0.5) is 10.1 Å². The molecule has 0 aliphatic rings. The highest BCUT2D eigenvalue weighted by Gasteiger charge is 2.17. The summed E-state index contributed by atoms with van der Waals surface area (Å²) in [5.41, 5.74) is 0.510. The highest BCUT2D eigenvalue weighted by Crippen LogP contribution is 2.27. The number of benzene rings is 2. The van der Waals surface area contributed by atoms with Gasteiger partial charge in [-0.3, -0.25) is 4.79 Å². The molecule has 1 amide bonds. The molecule has 0 aliphatic carbocycles. The van der Waals surface area contributed by atoms with Crippen molar-refractivity contribution in [3.05, 3.63) is 64.1 Å². The number of furan rings is 1. The largest absolute Gasteiger partial charge is 0.465 e. The molecule has 0 unspecified atom stereocenters. The van der Waals surface area contributed by atoms with E-state index in [4.69, 9.17) is 4.42 Å². The average molecular weight is 392 g/mol. The zero-order valence-corrected chi connectivity index (χ0v) is 14.0. The molecular formula is C17H11BrFNO4. The lowest BCUT2D eigenvalue weighted by Crippen LogP contribution is -2.13. The van der Waals surface area contributed by atoms with E-state index in [0.717, 1.165) is 11.5 Å². The summed E-state index contributed by atoms with van der Waals surface area (Å²) in [5, 5.41) is 3.13. The standard InChI is InChI=1S/C17H11BrFNO4/c1-23-17(22)10-5-6-12(19)13(7-10)20-16(21)14-8-9-3-2-4-11(18)15(9)24-14/h2-8H,1H3,(H,20,21). The second-order valence-electron chi connectivity index (χ2n) is 4.91. The van der Waals surface area contributed by atoms with E-state index in [9.17, 15) is 14.0 Å². The van der Waals surface area contributed by atoms with Crippen LogP contribution in [-0.2, 0) is 4.74 Å². The van der Waals surface area contributed by atoms with Crippen LogP contribution in [-0.4, -0.2) is 19.0 Å². The van der Waals surface area contributed by atoms with Crippen LogP contribution >= 0.6 is 15.9 Å². The van der Waals surface area contributed by atoms with Gasteiger partial charge in [-0.05, 0) is 46.3 Å². The van der Waals surface area contributed by atoms with Gasteiger partial charge in [0.05, 0.1) is 22.8 Å². The molecule has 122 valence electrons. The topological polar surface area (TPSA) is 68.5 Å². The first kappa shape index (κ1) is 16.2. The Morgan fingerprint density at radius 2 is 2.00 bits per heavy atom. The number of amides is 1. The third kappa shape index (κ3) is 3.03. The lowest BCUT2D eigenvalue weighted by Gasteiger charge is -2.06. The molecule has 7 heteroatoms. The van der Waals surface area contributed by atoms with Crippen molar-refractivity contribution in [2.24, 2.45) is 0 Å².